The summed E-state index contributed by atoms with van der Waals surface area (Å²) in [6.07, 6.45) is 0. The van der Waals surface area contributed by atoms with Gasteiger partial charge in [-0.15, -0.1) is 0 Å². The van der Waals surface area contributed by atoms with Gasteiger partial charge in [-0.1, -0.05) is 41.4 Å². The number of fused-ring (bicyclic) bond motifs is 1. The van der Waals surface area contributed by atoms with Crippen molar-refractivity contribution in [1.82, 2.24) is 14.9 Å². The van der Waals surface area contributed by atoms with Gasteiger partial charge >= 0.3 is 0 Å². The summed E-state index contributed by atoms with van der Waals surface area (Å²) in [6, 6.07) is 18.2. The highest BCUT2D eigenvalue weighted by Crippen LogP contribution is 2.29. The minimum Gasteiger partial charge on any atom is -0.493 e. The number of carbonyl (C=O) groups excluding carboxylic acids is 1. The van der Waals surface area contributed by atoms with E-state index in [1.807, 2.05) is 34.9 Å². The van der Waals surface area contributed by atoms with Crippen LogP contribution in [0.4, 0.5) is 0 Å². The van der Waals surface area contributed by atoms with Gasteiger partial charge in [0.05, 0.1) is 38.3 Å². The van der Waals surface area contributed by atoms with Gasteiger partial charge in [-0.05, 0) is 42.5 Å². The van der Waals surface area contributed by atoms with E-state index in [9.17, 15) is 4.79 Å². The zero-order valence-electron chi connectivity index (χ0n) is 17.6. The van der Waals surface area contributed by atoms with Crippen LogP contribution in [0.25, 0.3) is 11.0 Å². The molecule has 6 nitrogen and oxygen atoms in total. The smallest absolute Gasteiger partial charge is 0.251 e. The third-order valence-electron chi connectivity index (χ3n) is 5.16. The fourth-order valence-electron chi connectivity index (χ4n) is 3.52. The average molecular weight is 470 g/mol. The molecule has 4 rings (SSSR count). The lowest BCUT2D eigenvalue weighted by molar-refractivity contribution is 0.0949. The Morgan fingerprint density at radius 3 is 2.41 bits per heavy atom. The molecule has 0 spiro atoms. The van der Waals surface area contributed by atoms with Crippen molar-refractivity contribution in [1.29, 1.82) is 0 Å². The van der Waals surface area contributed by atoms with Crippen molar-refractivity contribution in [3.63, 3.8) is 0 Å². The molecule has 0 atom stereocenters. The monoisotopic (exact) mass is 469 g/mol. The van der Waals surface area contributed by atoms with Gasteiger partial charge < -0.3 is 19.4 Å². The Morgan fingerprint density at radius 2 is 1.69 bits per heavy atom. The van der Waals surface area contributed by atoms with Crippen LogP contribution in [0.5, 0.6) is 11.5 Å². The van der Waals surface area contributed by atoms with E-state index in [4.69, 9.17) is 37.7 Å². The first kappa shape index (κ1) is 22.0. The number of imidazole rings is 1. The van der Waals surface area contributed by atoms with E-state index in [1.54, 1.807) is 37.4 Å². The molecule has 164 valence electrons. The molecule has 32 heavy (non-hydrogen) atoms. The van der Waals surface area contributed by atoms with Gasteiger partial charge in [0.2, 0.25) is 0 Å². The second-order valence-corrected chi connectivity index (χ2v) is 7.87. The number of nitrogens with one attached hydrogen (secondary N) is 1. The second-order valence-electron chi connectivity index (χ2n) is 7.06. The minimum absolute atomic E-state index is 0.226. The van der Waals surface area contributed by atoms with Crippen molar-refractivity contribution < 1.29 is 14.3 Å². The third-order valence-corrected chi connectivity index (χ3v) is 5.87. The Hall–Kier alpha value is -3.22. The highest BCUT2D eigenvalue weighted by atomic mass is 35.5. The molecule has 1 amide bonds. The van der Waals surface area contributed by atoms with Crippen LogP contribution in [0, 0.1) is 0 Å². The summed E-state index contributed by atoms with van der Waals surface area (Å²) in [5.74, 6) is 1.49. The van der Waals surface area contributed by atoms with Crippen LogP contribution in [0.2, 0.25) is 10.0 Å². The largest absolute Gasteiger partial charge is 0.493 e. The molecule has 0 saturated carbocycles. The van der Waals surface area contributed by atoms with Crippen molar-refractivity contribution in [3.05, 3.63) is 87.7 Å². The van der Waals surface area contributed by atoms with E-state index in [0.717, 1.165) is 16.6 Å². The fourth-order valence-corrected chi connectivity index (χ4v) is 4.03. The van der Waals surface area contributed by atoms with Gasteiger partial charge in [0.15, 0.2) is 11.5 Å². The minimum atomic E-state index is -0.250. The molecule has 0 fully saturated rings. The van der Waals surface area contributed by atoms with E-state index < -0.39 is 0 Å². The van der Waals surface area contributed by atoms with Gasteiger partial charge in [0.25, 0.3) is 5.91 Å². The van der Waals surface area contributed by atoms with Crippen LogP contribution in [0.15, 0.2) is 60.7 Å². The van der Waals surface area contributed by atoms with Crippen molar-refractivity contribution in [3.8, 4) is 11.5 Å². The molecular formula is C24H21Cl2N3O3. The van der Waals surface area contributed by atoms with E-state index in [0.29, 0.717) is 39.5 Å². The van der Waals surface area contributed by atoms with Gasteiger partial charge in [-0.25, -0.2) is 4.98 Å². The van der Waals surface area contributed by atoms with Crippen molar-refractivity contribution in [2.45, 2.75) is 13.1 Å². The summed E-state index contributed by atoms with van der Waals surface area (Å²) < 4.78 is 12.5. The van der Waals surface area contributed by atoms with E-state index in [2.05, 4.69) is 5.32 Å². The fraction of sp³-hybridized carbons (Fsp3) is 0.167. The lowest BCUT2D eigenvalue weighted by atomic mass is 10.2. The SMILES string of the molecule is COc1ccc(C(=O)NCc2nc3ccccc3n2Cc2c(Cl)cccc2Cl)cc1OC. The Kier molecular flexibility index (Phi) is 6.53. The maximum absolute atomic E-state index is 12.8. The normalized spacial score (nSPS) is 10.9. The molecule has 0 aliphatic heterocycles. The standard InChI is InChI=1S/C24H21Cl2N3O3/c1-31-21-11-10-15(12-22(21)32-2)24(30)27-13-23-28-19-8-3-4-9-20(19)29(23)14-16-17(25)6-5-7-18(16)26/h3-12H,13-14H2,1-2H3,(H,27,30). The summed E-state index contributed by atoms with van der Waals surface area (Å²) in [4.78, 5) is 17.5. The number of carbonyl (C=O) groups is 1. The number of halogens is 2. The lowest BCUT2D eigenvalue weighted by Gasteiger charge is -2.13. The van der Waals surface area contributed by atoms with Crippen molar-refractivity contribution >= 4 is 40.1 Å². The Morgan fingerprint density at radius 1 is 0.969 bits per heavy atom. The molecule has 8 heteroatoms. The number of rotatable bonds is 7. The molecule has 0 aliphatic carbocycles. The molecular weight excluding hydrogens is 449 g/mol. The maximum atomic E-state index is 12.8. The number of amides is 1. The zero-order chi connectivity index (χ0) is 22.7. The number of hydrogen-bond donors (Lipinski definition) is 1. The number of aromatic nitrogens is 2. The molecule has 0 unspecified atom stereocenters. The highest BCUT2D eigenvalue weighted by Gasteiger charge is 2.16. The number of ether oxygens (including phenoxy) is 2. The topological polar surface area (TPSA) is 65.4 Å². The predicted molar refractivity (Wildman–Crippen MR) is 126 cm³/mol. The number of benzene rings is 3. The van der Waals surface area contributed by atoms with Gasteiger partial charge in [0.1, 0.15) is 5.82 Å². The Balaban J connectivity index is 1.62. The van der Waals surface area contributed by atoms with E-state index >= 15 is 0 Å². The van der Waals surface area contributed by atoms with E-state index in [-0.39, 0.29) is 12.5 Å². The van der Waals surface area contributed by atoms with Crippen LogP contribution in [0.3, 0.4) is 0 Å². The van der Waals surface area contributed by atoms with Crippen LogP contribution >= 0.6 is 23.2 Å². The number of hydrogen-bond acceptors (Lipinski definition) is 4. The average Bonchev–Trinajstić information content (AvgIpc) is 3.16. The maximum Gasteiger partial charge on any atom is 0.251 e. The predicted octanol–water partition coefficient (Wildman–Crippen LogP) is 5.34. The number of nitrogens with zero attached hydrogens (tertiary/aromatic N) is 2. The highest BCUT2D eigenvalue weighted by molar-refractivity contribution is 6.36. The number of methoxy groups -OCH3 is 2. The third kappa shape index (κ3) is 4.38. The first-order chi connectivity index (χ1) is 15.5. The molecule has 1 aromatic heterocycles. The van der Waals surface area contributed by atoms with Gasteiger partial charge in [-0.2, -0.15) is 0 Å². The van der Waals surface area contributed by atoms with Gasteiger partial charge in [0, 0.05) is 21.2 Å². The van der Waals surface area contributed by atoms with Crippen molar-refractivity contribution in [2.24, 2.45) is 0 Å². The summed E-state index contributed by atoms with van der Waals surface area (Å²) in [6.45, 7) is 0.657. The van der Waals surface area contributed by atoms with Crippen LogP contribution < -0.4 is 14.8 Å². The van der Waals surface area contributed by atoms with Crippen molar-refractivity contribution in [2.75, 3.05) is 14.2 Å². The summed E-state index contributed by atoms with van der Waals surface area (Å²) in [7, 11) is 3.08. The summed E-state index contributed by atoms with van der Waals surface area (Å²) in [5.41, 5.74) is 3.01. The zero-order valence-corrected chi connectivity index (χ0v) is 19.1. The summed E-state index contributed by atoms with van der Waals surface area (Å²) >= 11 is 12.8. The quantitative estimate of drug-likeness (QED) is 0.396. The van der Waals surface area contributed by atoms with Gasteiger partial charge in [-0.3, -0.25) is 4.79 Å². The summed E-state index contributed by atoms with van der Waals surface area (Å²) in [5, 5.41) is 4.09. The molecule has 1 N–H and O–H groups in total. The lowest BCUT2D eigenvalue weighted by Crippen LogP contribution is -2.25. The first-order valence-corrected chi connectivity index (χ1v) is 10.6. The second kappa shape index (κ2) is 9.51. The van der Waals surface area contributed by atoms with Crippen LogP contribution in [-0.2, 0) is 13.1 Å². The molecule has 0 aliphatic rings. The molecule has 3 aromatic carbocycles. The molecule has 4 aromatic rings. The number of para-hydroxylation sites is 2. The van der Waals surface area contributed by atoms with Crippen LogP contribution in [0.1, 0.15) is 21.7 Å². The Labute approximate surface area is 195 Å². The molecule has 1 heterocycles. The molecule has 0 radical (unpaired) electrons. The van der Waals surface area contributed by atoms with Crippen LogP contribution in [-0.4, -0.2) is 29.7 Å². The molecule has 0 bridgehead atoms. The molecule has 0 saturated heterocycles. The first-order valence-electron chi connectivity index (χ1n) is 9.89. The van der Waals surface area contributed by atoms with E-state index in [1.165, 1.54) is 7.11 Å². The Bertz CT molecular complexity index is 1270.